The molecule has 1 amide bonds. The third-order valence-electron chi connectivity index (χ3n) is 7.17. The van der Waals surface area contributed by atoms with Crippen molar-refractivity contribution < 1.29 is 31.8 Å². The number of nitrogens with one attached hydrogen (secondary N) is 1. The van der Waals surface area contributed by atoms with Crippen molar-refractivity contribution in [1.82, 2.24) is 10.2 Å². The first-order chi connectivity index (χ1) is 21.7. The van der Waals surface area contributed by atoms with Crippen LogP contribution in [-0.2, 0) is 23.9 Å². The topological polar surface area (TPSA) is 50.8 Å². The number of benzene rings is 4. The van der Waals surface area contributed by atoms with E-state index in [1.165, 1.54) is 6.07 Å². The van der Waals surface area contributed by atoms with Crippen molar-refractivity contribution in [2.24, 2.45) is 0 Å². The number of alkyl halides is 3. The van der Waals surface area contributed by atoms with Gasteiger partial charge in [-0.05, 0) is 65.4 Å². The van der Waals surface area contributed by atoms with Gasteiger partial charge in [-0.15, -0.1) is 0 Å². The lowest BCUT2D eigenvalue weighted by Crippen LogP contribution is -2.31. The van der Waals surface area contributed by atoms with E-state index in [2.05, 4.69) is 41.4 Å². The summed E-state index contributed by atoms with van der Waals surface area (Å²) < 4.78 is 66.2. The maximum atomic E-state index is 14.3. The van der Waals surface area contributed by atoms with Crippen LogP contribution in [0.3, 0.4) is 0 Å². The van der Waals surface area contributed by atoms with Gasteiger partial charge < -0.3 is 14.8 Å². The fourth-order valence-electron chi connectivity index (χ4n) is 4.95. The Morgan fingerprint density at radius 3 is 2.02 bits per heavy atom. The second-order valence-corrected chi connectivity index (χ2v) is 10.4. The molecule has 0 bridgehead atoms. The molecule has 0 aliphatic carbocycles. The Balaban J connectivity index is 0.00000130. The van der Waals surface area contributed by atoms with Crippen LogP contribution in [0.1, 0.15) is 47.1 Å². The van der Waals surface area contributed by atoms with Gasteiger partial charge in [0.1, 0.15) is 5.82 Å². The normalized spacial score (nSPS) is 11.1. The van der Waals surface area contributed by atoms with Crippen LogP contribution in [0.5, 0.6) is 11.5 Å². The lowest BCUT2D eigenvalue weighted by Gasteiger charge is -2.29. The van der Waals surface area contributed by atoms with Crippen LogP contribution in [-0.4, -0.2) is 45.2 Å². The zero-order valence-corrected chi connectivity index (χ0v) is 25.8. The average molecular weight is 625 g/mol. The quantitative estimate of drug-likeness (QED) is 0.0881. The van der Waals surface area contributed by atoms with Crippen molar-refractivity contribution in [1.29, 1.82) is 0 Å². The van der Waals surface area contributed by atoms with Gasteiger partial charge in [-0.2, -0.15) is 13.2 Å². The first-order valence-electron chi connectivity index (χ1n) is 14.8. The summed E-state index contributed by atoms with van der Waals surface area (Å²) in [6, 6.07) is 28.6. The molecule has 9 heteroatoms. The van der Waals surface area contributed by atoms with Crippen LogP contribution < -0.4 is 14.8 Å². The minimum absolute atomic E-state index is 0.0321. The molecule has 4 rings (SSSR count). The number of aryl methyl sites for hydroxylation is 1. The van der Waals surface area contributed by atoms with Gasteiger partial charge in [0.05, 0.1) is 19.3 Å². The molecule has 5 nitrogen and oxygen atoms in total. The first kappa shape index (κ1) is 35.1. The van der Waals surface area contributed by atoms with Crippen LogP contribution >= 0.6 is 0 Å². The van der Waals surface area contributed by atoms with Crippen LogP contribution in [0, 0.1) is 5.82 Å². The number of nitrogens with zero attached hydrogens (tertiary/aromatic N) is 1. The molecular weight excluding hydrogens is 584 g/mol. The highest BCUT2D eigenvalue weighted by atomic mass is 19.4. The predicted octanol–water partition coefficient (Wildman–Crippen LogP) is 7.88. The van der Waals surface area contributed by atoms with Gasteiger partial charge in [-0.3, -0.25) is 9.69 Å². The summed E-state index contributed by atoms with van der Waals surface area (Å²) in [6.45, 7) is 3.67. The fraction of sp³-hybridized carbons (Fsp3) is 0.306. The average Bonchev–Trinajstić information content (AvgIpc) is 3.05. The molecular formula is C36H40F4N2O3. The lowest BCUT2D eigenvalue weighted by atomic mass is 9.90. The van der Waals surface area contributed by atoms with Crippen molar-refractivity contribution in [2.45, 2.75) is 38.4 Å². The van der Waals surface area contributed by atoms with Crippen LogP contribution in [0.2, 0.25) is 0 Å². The van der Waals surface area contributed by atoms with E-state index in [1.54, 1.807) is 14.2 Å². The Bertz CT molecular complexity index is 1410. The standard InChI is InChI=1S/C34H35F4NO2.C2H5NO/c1-3-25-15-16-32(40-2)33(21-25)41-18-10-17-39(23-26-19-29(34(36,37)38)22-30(35)20-26)24-31(27-11-6-4-7-12-27)28-13-8-5-9-14-28;1-3-2-4/h4-9,11-16,19-22,31H,3,10,17-18,23-24H2,1-2H3;2H,1H3,(H,3,4). The number of rotatable bonds is 14. The highest BCUT2D eigenvalue weighted by molar-refractivity contribution is 5.45. The molecule has 0 saturated carbocycles. The third kappa shape index (κ3) is 11.2. The second-order valence-electron chi connectivity index (χ2n) is 10.4. The summed E-state index contributed by atoms with van der Waals surface area (Å²) >= 11 is 0. The van der Waals surface area contributed by atoms with Crippen molar-refractivity contribution >= 4 is 6.41 Å². The maximum absolute atomic E-state index is 14.3. The lowest BCUT2D eigenvalue weighted by molar-refractivity contribution is -0.137. The molecule has 0 spiro atoms. The van der Waals surface area contributed by atoms with Gasteiger partial charge in [0.15, 0.2) is 11.5 Å². The summed E-state index contributed by atoms with van der Waals surface area (Å²) in [4.78, 5) is 11.1. The smallest absolute Gasteiger partial charge is 0.416 e. The molecule has 0 heterocycles. The van der Waals surface area contributed by atoms with E-state index in [1.807, 2.05) is 54.6 Å². The molecule has 0 atom stereocenters. The highest BCUT2D eigenvalue weighted by Gasteiger charge is 2.31. The SMILES string of the molecule is CCc1ccc(OC)c(OCCCN(Cc2cc(F)cc(C(F)(F)F)c2)CC(c2ccccc2)c2ccccc2)c1.CNC=O. The van der Waals surface area contributed by atoms with E-state index in [0.29, 0.717) is 50.1 Å². The van der Waals surface area contributed by atoms with Gasteiger partial charge in [-0.1, -0.05) is 73.7 Å². The summed E-state index contributed by atoms with van der Waals surface area (Å²) in [6.07, 6.45) is -2.53. The molecule has 4 aromatic rings. The zero-order chi connectivity index (χ0) is 32.7. The number of hydrogen-bond acceptors (Lipinski definition) is 4. The van der Waals surface area contributed by atoms with Gasteiger partial charge in [-0.25, -0.2) is 4.39 Å². The highest BCUT2D eigenvalue weighted by Crippen LogP contribution is 2.32. The molecule has 4 aromatic carbocycles. The number of halogens is 4. The number of methoxy groups -OCH3 is 1. The molecule has 0 saturated heterocycles. The Kier molecular flexibility index (Phi) is 13.9. The number of carbonyl (C=O) groups is 1. The van der Waals surface area contributed by atoms with Gasteiger partial charge >= 0.3 is 6.18 Å². The number of amides is 1. The number of hydrogen-bond donors (Lipinski definition) is 1. The Hall–Kier alpha value is -4.37. The molecule has 0 aliphatic rings. The van der Waals surface area contributed by atoms with Gasteiger partial charge in [0.25, 0.3) is 0 Å². The van der Waals surface area contributed by atoms with E-state index in [-0.39, 0.29) is 18.0 Å². The van der Waals surface area contributed by atoms with Crippen LogP contribution in [0.25, 0.3) is 0 Å². The predicted molar refractivity (Wildman–Crippen MR) is 169 cm³/mol. The van der Waals surface area contributed by atoms with Gasteiger partial charge in [0, 0.05) is 32.6 Å². The summed E-state index contributed by atoms with van der Waals surface area (Å²) in [7, 11) is 3.16. The summed E-state index contributed by atoms with van der Waals surface area (Å²) in [5.41, 5.74) is 2.60. The molecule has 0 radical (unpaired) electrons. The largest absolute Gasteiger partial charge is 0.493 e. The van der Waals surface area contributed by atoms with E-state index in [0.717, 1.165) is 29.2 Å². The molecule has 0 aliphatic heterocycles. The number of ether oxygens (including phenoxy) is 2. The molecule has 0 fully saturated rings. The Morgan fingerprint density at radius 1 is 0.867 bits per heavy atom. The third-order valence-corrected chi connectivity index (χ3v) is 7.17. The Labute approximate surface area is 262 Å². The minimum atomic E-state index is -4.63. The molecule has 0 unspecified atom stereocenters. The van der Waals surface area contributed by atoms with E-state index in [4.69, 9.17) is 14.3 Å². The monoisotopic (exact) mass is 624 g/mol. The minimum Gasteiger partial charge on any atom is -0.493 e. The molecule has 240 valence electrons. The molecule has 0 aromatic heterocycles. The van der Waals surface area contributed by atoms with E-state index < -0.39 is 17.6 Å². The fourth-order valence-corrected chi connectivity index (χ4v) is 4.95. The molecule has 45 heavy (non-hydrogen) atoms. The summed E-state index contributed by atoms with van der Waals surface area (Å²) in [5.74, 6) is 0.371. The molecule has 1 N–H and O–H groups in total. The second kappa shape index (κ2) is 17.8. The van der Waals surface area contributed by atoms with Crippen LogP contribution in [0.15, 0.2) is 97.1 Å². The van der Waals surface area contributed by atoms with Crippen molar-refractivity contribution in [3.05, 3.63) is 131 Å². The summed E-state index contributed by atoms with van der Waals surface area (Å²) in [5, 5.41) is 2.25. The van der Waals surface area contributed by atoms with E-state index >= 15 is 0 Å². The number of carbonyl (C=O) groups excluding carboxylic acids is 1. The zero-order valence-electron chi connectivity index (χ0n) is 25.8. The van der Waals surface area contributed by atoms with Crippen molar-refractivity contribution in [3.63, 3.8) is 0 Å². The van der Waals surface area contributed by atoms with Gasteiger partial charge in [0.2, 0.25) is 6.41 Å². The maximum Gasteiger partial charge on any atom is 0.416 e. The van der Waals surface area contributed by atoms with Crippen molar-refractivity contribution in [2.75, 3.05) is 33.9 Å². The van der Waals surface area contributed by atoms with Crippen LogP contribution in [0.4, 0.5) is 17.6 Å². The van der Waals surface area contributed by atoms with E-state index in [9.17, 15) is 17.6 Å². The first-order valence-corrected chi connectivity index (χ1v) is 14.8. The van der Waals surface area contributed by atoms with Crippen molar-refractivity contribution in [3.8, 4) is 11.5 Å². The Morgan fingerprint density at radius 2 is 1.49 bits per heavy atom.